The molecule has 1 atom stereocenters. The zero-order valence-corrected chi connectivity index (χ0v) is 11.6. The molecule has 0 aliphatic rings. The van der Waals surface area contributed by atoms with Gasteiger partial charge in [-0.3, -0.25) is 14.9 Å². The molecular formula is C13H18N2O5. The van der Waals surface area contributed by atoms with Crippen molar-refractivity contribution in [3.8, 4) is 5.75 Å². The van der Waals surface area contributed by atoms with Crippen LogP contribution in [0, 0.1) is 16.0 Å². The summed E-state index contributed by atoms with van der Waals surface area (Å²) >= 11 is 0. The van der Waals surface area contributed by atoms with Gasteiger partial charge >= 0.3 is 0 Å². The van der Waals surface area contributed by atoms with E-state index < -0.39 is 16.9 Å². The summed E-state index contributed by atoms with van der Waals surface area (Å²) in [6.07, 6.45) is 0. The van der Waals surface area contributed by atoms with Crippen LogP contribution in [0.1, 0.15) is 24.2 Å². The highest BCUT2D eigenvalue weighted by atomic mass is 16.6. The second-order valence-corrected chi connectivity index (χ2v) is 4.62. The molecule has 1 aromatic rings. The molecule has 0 saturated carbocycles. The van der Waals surface area contributed by atoms with E-state index in [0.29, 0.717) is 0 Å². The summed E-state index contributed by atoms with van der Waals surface area (Å²) < 4.78 is 5.01. The molecular weight excluding hydrogens is 264 g/mol. The Labute approximate surface area is 116 Å². The van der Waals surface area contributed by atoms with Crippen LogP contribution in [0.5, 0.6) is 5.75 Å². The van der Waals surface area contributed by atoms with Gasteiger partial charge in [0.2, 0.25) is 0 Å². The van der Waals surface area contributed by atoms with Crippen LogP contribution in [0.3, 0.4) is 0 Å². The Morgan fingerprint density at radius 2 is 2.15 bits per heavy atom. The summed E-state index contributed by atoms with van der Waals surface area (Å²) in [5.74, 6) is -0.517. The average molecular weight is 282 g/mol. The molecule has 1 amide bonds. The van der Waals surface area contributed by atoms with Crippen LogP contribution in [0.2, 0.25) is 0 Å². The van der Waals surface area contributed by atoms with E-state index in [1.807, 2.05) is 13.8 Å². The van der Waals surface area contributed by atoms with Crippen molar-refractivity contribution in [1.29, 1.82) is 0 Å². The van der Waals surface area contributed by atoms with Gasteiger partial charge in [0.05, 0.1) is 24.7 Å². The van der Waals surface area contributed by atoms with Gasteiger partial charge in [0, 0.05) is 6.07 Å². The Hall–Kier alpha value is -2.15. The third kappa shape index (κ3) is 3.45. The quantitative estimate of drug-likeness (QED) is 0.605. The number of nitrogens with one attached hydrogen (secondary N) is 1. The number of methoxy groups -OCH3 is 1. The third-order valence-electron chi connectivity index (χ3n) is 2.97. The lowest BCUT2D eigenvalue weighted by Crippen LogP contribution is -2.41. The maximum absolute atomic E-state index is 12.2. The van der Waals surface area contributed by atoms with E-state index in [9.17, 15) is 20.0 Å². The monoisotopic (exact) mass is 282 g/mol. The molecule has 110 valence electrons. The Morgan fingerprint density at radius 3 is 2.60 bits per heavy atom. The first-order valence-electron chi connectivity index (χ1n) is 6.15. The van der Waals surface area contributed by atoms with Gasteiger partial charge in [-0.1, -0.05) is 19.9 Å². The molecule has 0 spiro atoms. The Bertz CT molecular complexity index is 502. The second kappa shape index (κ2) is 6.85. The number of hydrogen-bond donors (Lipinski definition) is 2. The zero-order valence-electron chi connectivity index (χ0n) is 11.6. The number of hydrogen-bond acceptors (Lipinski definition) is 5. The molecule has 2 N–H and O–H groups in total. The van der Waals surface area contributed by atoms with E-state index in [1.54, 1.807) is 0 Å². The van der Waals surface area contributed by atoms with Crippen molar-refractivity contribution in [2.24, 2.45) is 5.92 Å². The number of nitro groups is 1. The Morgan fingerprint density at radius 1 is 1.50 bits per heavy atom. The molecule has 1 rings (SSSR count). The molecule has 0 unspecified atom stereocenters. The maximum atomic E-state index is 12.2. The number of nitrogens with zero attached hydrogens (tertiary/aromatic N) is 1. The summed E-state index contributed by atoms with van der Waals surface area (Å²) in [6.45, 7) is 3.42. The normalized spacial score (nSPS) is 12.1. The van der Waals surface area contributed by atoms with Crippen molar-refractivity contribution in [2.75, 3.05) is 13.7 Å². The van der Waals surface area contributed by atoms with Crippen LogP contribution in [0.4, 0.5) is 5.69 Å². The molecule has 7 nitrogen and oxygen atoms in total. The van der Waals surface area contributed by atoms with Gasteiger partial charge in [-0.05, 0) is 12.0 Å². The Balaban J connectivity index is 3.17. The highest BCUT2D eigenvalue weighted by Gasteiger charge is 2.27. The van der Waals surface area contributed by atoms with Crippen molar-refractivity contribution in [1.82, 2.24) is 5.32 Å². The SMILES string of the molecule is COc1cccc([N+](=O)[O-])c1C(=O)N[C@H](CO)C(C)C. The fourth-order valence-electron chi connectivity index (χ4n) is 1.73. The van der Waals surface area contributed by atoms with E-state index in [4.69, 9.17) is 4.74 Å². The molecule has 1 aromatic carbocycles. The number of benzene rings is 1. The molecule has 20 heavy (non-hydrogen) atoms. The predicted octanol–water partition coefficient (Wildman–Crippen LogP) is 1.35. The minimum absolute atomic E-state index is 0.00212. The first kappa shape index (κ1) is 15.9. The number of rotatable bonds is 6. The van der Waals surface area contributed by atoms with Gasteiger partial charge < -0.3 is 15.2 Å². The highest BCUT2D eigenvalue weighted by Crippen LogP contribution is 2.28. The van der Waals surface area contributed by atoms with Crippen molar-refractivity contribution in [3.05, 3.63) is 33.9 Å². The number of ether oxygens (including phenoxy) is 1. The van der Waals surface area contributed by atoms with Crippen molar-refractivity contribution in [2.45, 2.75) is 19.9 Å². The van der Waals surface area contributed by atoms with Crippen LogP contribution < -0.4 is 10.1 Å². The summed E-state index contributed by atoms with van der Waals surface area (Å²) in [5.41, 5.74) is -0.471. The van der Waals surface area contributed by atoms with E-state index in [-0.39, 0.29) is 29.5 Å². The fourth-order valence-corrected chi connectivity index (χ4v) is 1.73. The Kier molecular flexibility index (Phi) is 5.45. The molecule has 0 fully saturated rings. The molecule has 0 saturated heterocycles. The smallest absolute Gasteiger partial charge is 0.285 e. The molecule has 0 radical (unpaired) electrons. The van der Waals surface area contributed by atoms with Crippen LogP contribution in [-0.2, 0) is 0 Å². The first-order chi connectivity index (χ1) is 9.42. The molecule has 7 heteroatoms. The summed E-state index contributed by atoms with van der Waals surface area (Å²) in [5, 5.41) is 22.8. The van der Waals surface area contributed by atoms with Gasteiger partial charge in [-0.25, -0.2) is 0 Å². The van der Waals surface area contributed by atoms with Gasteiger partial charge in [0.1, 0.15) is 5.75 Å². The summed E-state index contributed by atoms with van der Waals surface area (Å²) in [4.78, 5) is 22.6. The number of aliphatic hydroxyl groups is 1. The van der Waals surface area contributed by atoms with Crippen LogP contribution >= 0.6 is 0 Å². The number of carbonyl (C=O) groups is 1. The lowest BCUT2D eigenvalue weighted by Gasteiger charge is -2.20. The largest absolute Gasteiger partial charge is 0.496 e. The van der Waals surface area contributed by atoms with E-state index in [2.05, 4.69) is 5.32 Å². The zero-order chi connectivity index (χ0) is 15.3. The van der Waals surface area contributed by atoms with Crippen molar-refractivity contribution < 1.29 is 19.6 Å². The van der Waals surface area contributed by atoms with Crippen molar-refractivity contribution in [3.63, 3.8) is 0 Å². The number of amides is 1. The van der Waals surface area contributed by atoms with Gasteiger partial charge in [-0.2, -0.15) is 0 Å². The fraction of sp³-hybridized carbons (Fsp3) is 0.462. The minimum Gasteiger partial charge on any atom is -0.496 e. The highest BCUT2D eigenvalue weighted by molar-refractivity contribution is 6.01. The molecule has 0 aliphatic carbocycles. The number of aliphatic hydroxyl groups excluding tert-OH is 1. The molecule has 0 aliphatic heterocycles. The summed E-state index contributed by atoms with van der Waals surface area (Å²) in [6, 6.07) is 3.68. The molecule has 0 heterocycles. The predicted molar refractivity (Wildman–Crippen MR) is 72.8 cm³/mol. The average Bonchev–Trinajstić information content (AvgIpc) is 2.42. The number of nitro benzene ring substituents is 1. The lowest BCUT2D eigenvalue weighted by atomic mass is 10.0. The van der Waals surface area contributed by atoms with Crippen LogP contribution in [-0.4, -0.2) is 35.7 Å². The van der Waals surface area contributed by atoms with Gasteiger partial charge in [0.25, 0.3) is 11.6 Å². The molecule has 0 aromatic heterocycles. The van der Waals surface area contributed by atoms with E-state index in [0.717, 1.165) is 0 Å². The van der Waals surface area contributed by atoms with E-state index in [1.165, 1.54) is 25.3 Å². The maximum Gasteiger partial charge on any atom is 0.285 e. The second-order valence-electron chi connectivity index (χ2n) is 4.62. The number of carbonyl (C=O) groups excluding carboxylic acids is 1. The third-order valence-corrected chi connectivity index (χ3v) is 2.97. The molecule has 0 bridgehead atoms. The minimum atomic E-state index is -0.638. The topological polar surface area (TPSA) is 102 Å². The standard InChI is InChI=1S/C13H18N2O5/c1-8(2)9(7-16)14-13(17)12-10(15(18)19)5-4-6-11(12)20-3/h4-6,8-9,16H,7H2,1-3H3,(H,14,17)/t9-/m1/s1. The van der Waals surface area contributed by atoms with Gasteiger partial charge in [-0.15, -0.1) is 0 Å². The van der Waals surface area contributed by atoms with Gasteiger partial charge in [0.15, 0.2) is 5.56 Å². The van der Waals surface area contributed by atoms with Crippen molar-refractivity contribution >= 4 is 11.6 Å². The summed E-state index contributed by atoms with van der Waals surface area (Å²) in [7, 11) is 1.34. The first-order valence-corrected chi connectivity index (χ1v) is 6.15. The van der Waals surface area contributed by atoms with E-state index >= 15 is 0 Å². The lowest BCUT2D eigenvalue weighted by molar-refractivity contribution is -0.385. The van der Waals surface area contributed by atoms with Crippen LogP contribution in [0.15, 0.2) is 18.2 Å². The van der Waals surface area contributed by atoms with Crippen LogP contribution in [0.25, 0.3) is 0 Å².